The molecule has 3 N–H and O–H groups in total. The molecule has 32 heavy (non-hydrogen) atoms. The Hall–Kier alpha value is -1.18. The summed E-state index contributed by atoms with van der Waals surface area (Å²) in [5, 5.41) is 8.93. The number of nitrogens with two attached hydrogens (primary N) is 1. The lowest BCUT2D eigenvalue weighted by atomic mass is 9.75. The number of aliphatic hydroxyl groups excluding tert-OH is 1. The van der Waals surface area contributed by atoms with Gasteiger partial charge in [-0.1, -0.05) is 32.1 Å². The van der Waals surface area contributed by atoms with Crippen molar-refractivity contribution in [3.63, 3.8) is 0 Å². The van der Waals surface area contributed by atoms with Crippen LogP contribution in [0.15, 0.2) is 0 Å². The highest BCUT2D eigenvalue weighted by atomic mass is 16.5. The van der Waals surface area contributed by atoms with Gasteiger partial charge < -0.3 is 30.0 Å². The van der Waals surface area contributed by atoms with Gasteiger partial charge in [0, 0.05) is 51.9 Å². The van der Waals surface area contributed by atoms with Crippen molar-refractivity contribution in [1.29, 1.82) is 0 Å². The minimum Gasteiger partial charge on any atom is -0.388 e. The largest absolute Gasteiger partial charge is 0.388 e. The monoisotopic (exact) mass is 449 g/mol. The molecule has 0 heterocycles. The van der Waals surface area contributed by atoms with Crippen LogP contribution in [0, 0.1) is 18.6 Å². The third-order valence-corrected chi connectivity index (χ3v) is 7.55. The second-order valence-electron chi connectivity index (χ2n) is 10.1. The number of hydrogen-bond donors (Lipinski definition) is 2. The fourth-order valence-electron chi connectivity index (χ4n) is 5.30. The normalized spacial score (nSPS) is 23.2. The molecule has 0 aromatic carbocycles. The van der Waals surface area contributed by atoms with Crippen LogP contribution in [0.3, 0.4) is 0 Å². The molecule has 0 aliphatic heterocycles. The zero-order chi connectivity index (χ0) is 23.8. The van der Waals surface area contributed by atoms with Gasteiger partial charge in [-0.25, -0.2) is 13.1 Å². The Morgan fingerprint density at radius 1 is 0.688 bits per heavy atom. The lowest BCUT2D eigenvalue weighted by Crippen LogP contribution is -2.36. The summed E-state index contributed by atoms with van der Waals surface area (Å²) < 4.78 is 10.3. The summed E-state index contributed by atoms with van der Waals surface area (Å²) in [5.41, 5.74) is 5.52. The van der Waals surface area contributed by atoms with E-state index in [0.29, 0.717) is 12.0 Å². The van der Waals surface area contributed by atoms with Crippen LogP contribution in [-0.4, -0.2) is 56.8 Å². The molecule has 3 aliphatic rings. The van der Waals surface area contributed by atoms with Crippen molar-refractivity contribution in [2.75, 3.05) is 40.6 Å². The molecule has 3 fully saturated rings. The zero-order valence-electron chi connectivity index (χ0n) is 20.7. The van der Waals surface area contributed by atoms with Crippen LogP contribution in [0.25, 0.3) is 9.69 Å². The Morgan fingerprint density at radius 3 is 1.41 bits per heavy atom. The van der Waals surface area contributed by atoms with Gasteiger partial charge >= 0.3 is 0 Å². The van der Waals surface area contributed by atoms with Gasteiger partial charge in [-0.05, 0) is 38.5 Å². The third-order valence-electron chi connectivity index (χ3n) is 7.55. The number of hydrogen-bond acceptors (Lipinski definition) is 4. The molecule has 0 aromatic heterocycles. The highest BCUT2D eigenvalue weighted by Gasteiger charge is 2.38. The molecule has 0 spiro atoms. The van der Waals surface area contributed by atoms with E-state index < -0.39 is 5.54 Å². The fraction of sp³-hybridized carbons (Fsp3) is 0.923. The highest BCUT2D eigenvalue weighted by Crippen LogP contribution is 2.35. The number of ether oxygens (including phenoxy) is 2. The molecule has 184 valence electrons. The van der Waals surface area contributed by atoms with Crippen molar-refractivity contribution in [2.24, 2.45) is 11.1 Å². The van der Waals surface area contributed by atoms with Crippen LogP contribution in [0.2, 0.25) is 0 Å². The summed E-state index contributed by atoms with van der Waals surface area (Å²) in [4.78, 5) is 7.19. The van der Waals surface area contributed by atoms with Gasteiger partial charge in [0.2, 0.25) is 0 Å². The average Bonchev–Trinajstić information content (AvgIpc) is 2.87. The van der Waals surface area contributed by atoms with E-state index in [1.807, 2.05) is 0 Å². The predicted octanol–water partition coefficient (Wildman–Crippen LogP) is 5.40. The van der Waals surface area contributed by atoms with E-state index in [1.165, 1.54) is 57.8 Å². The topological polar surface area (TPSA) is 73.4 Å². The van der Waals surface area contributed by atoms with Crippen LogP contribution in [0.5, 0.6) is 0 Å². The van der Waals surface area contributed by atoms with E-state index >= 15 is 0 Å². The second kappa shape index (κ2) is 15.6. The molecule has 0 amide bonds. The van der Waals surface area contributed by atoms with Crippen LogP contribution in [0.1, 0.15) is 96.3 Å². The quantitative estimate of drug-likeness (QED) is 0.533. The van der Waals surface area contributed by atoms with Gasteiger partial charge in [0.1, 0.15) is 13.2 Å². The molecule has 6 heteroatoms. The third kappa shape index (κ3) is 9.36. The Balaban J connectivity index is 0.000000240. The smallest absolute Gasteiger partial charge is 0.255 e. The van der Waals surface area contributed by atoms with Gasteiger partial charge in [0.25, 0.3) is 11.1 Å². The first-order valence-corrected chi connectivity index (χ1v) is 12.5. The van der Waals surface area contributed by atoms with Crippen molar-refractivity contribution in [3.8, 4) is 0 Å². The van der Waals surface area contributed by atoms with Crippen molar-refractivity contribution in [1.82, 2.24) is 0 Å². The molecule has 0 aromatic rings. The number of methoxy groups -OCH3 is 2. The lowest BCUT2D eigenvalue weighted by Gasteiger charge is -2.35. The first-order chi connectivity index (χ1) is 15.5. The first-order valence-electron chi connectivity index (χ1n) is 12.5. The average molecular weight is 450 g/mol. The van der Waals surface area contributed by atoms with Crippen molar-refractivity contribution in [3.05, 3.63) is 22.8 Å². The summed E-state index contributed by atoms with van der Waals surface area (Å²) in [7, 11) is 3.45. The second-order valence-corrected chi connectivity index (χ2v) is 10.1. The summed E-state index contributed by atoms with van der Waals surface area (Å²) in [6.07, 6.45) is 17.6. The molecule has 3 aliphatic carbocycles. The van der Waals surface area contributed by atoms with E-state index in [1.54, 1.807) is 14.2 Å². The van der Waals surface area contributed by atoms with Gasteiger partial charge in [-0.2, -0.15) is 0 Å². The summed E-state index contributed by atoms with van der Waals surface area (Å²) in [6.45, 7) is 16.3. The lowest BCUT2D eigenvalue weighted by molar-refractivity contribution is 0.0552. The summed E-state index contributed by atoms with van der Waals surface area (Å²) in [5.74, 6) is 0. The number of nitrogens with zero attached hydrogens (tertiary/aromatic N) is 2. The first kappa shape index (κ1) is 28.9. The molecule has 6 nitrogen and oxygen atoms in total. The maximum atomic E-state index is 8.93. The predicted molar refractivity (Wildman–Crippen MR) is 130 cm³/mol. The number of rotatable bonds is 6. The maximum absolute atomic E-state index is 8.93. The fourth-order valence-corrected chi connectivity index (χ4v) is 5.30. The Bertz CT molecular complexity index is 553. The van der Waals surface area contributed by atoms with Crippen LogP contribution < -0.4 is 5.73 Å². The van der Waals surface area contributed by atoms with E-state index in [9.17, 15) is 0 Å². The van der Waals surface area contributed by atoms with Crippen LogP contribution in [0.4, 0.5) is 0 Å². The standard InChI is InChI=1S/C9H15NO.C9H19NO.C8H13NO/c1-10-9(8-11-2)6-4-3-5-7-9;1-11-8-9(7-10)5-3-2-4-6-9;1-9-8(7-10)5-3-2-4-6-8/h3-8H2,2H3;2-8,10H2,1H3;10H,2-7H2. The molecule has 0 unspecified atom stereocenters. The maximum Gasteiger partial charge on any atom is 0.255 e. The molecule has 0 bridgehead atoms. The van der Waals surface area contributed by atoms with E-state index in [0.717, 1.165) is 51.7 Å². The Labute approximate surface area is 196 Å². The van der Waals surface area contributed by atoms with E-state index in [-0.39, 0.29) is 12.1 Å². The van der Waals surface area contributed by atoms with Crippen molar-refractivity contribution < 1.29 is 14.6 Å². The van der Waals surface area contributed by atoms with Gasteiger partial charge in [0.15, 0.2) is 0 Å². The molecule has 0 radical (unpaired) electrons. The van der Waals surface area contributed by atoms with Crippen molar-refractivity contribution in [2.45, 2.75) is 107 Å². The van der Waals surface area contributed by atoms with Crippen molar-refractivity contribution >= 4 is 0 Å². The van der Waals surface area contributed by atoms with Gasteiger partial charge in [-0.15, -0.1) is 0 Å². The molecule has 3 saturated carbocycles. The van der Waals surface area contributed by atoms with Crippen LogP contribution >= 0.6 is 0 Å². The molecule has 0 saturated heterocycles. The van der Waals surface area contributed by atoms with E-state index in [4.69, 9.17) is 33.5 Å². The van der Waals surface area contributed by atoms with E-state index in [2.05, 4.69) is 9.69 Å². The van der Waals surface area contributed by atoms with Gasteiger partial charge in [0.05, 0.1) is 6.61 Å². The Kier molecular flexibility index (Phi) is 14.1. The minimum absolute atomic E-state index is 0.0521. The number of aliphatic hydroxyl groups is 1. The highest BCUT2D eigenvalue weighted by molar-refractivity contribution is 5.00. The summed E-state index contributed by atoms with van der Waals surface area (Å²) in [6, 6.07) is 0. The Morgan fingerprint density at radius 2 is 1.09 bits per heavy atom. The SMILES string of the molecule is COCC1(CN)CCCCC1.[C-]#[N+]C1(CO)CCCCC1.[C-]#[N+]C1(COC)CCCCC1. The molecular formula is C26H47N3O3. The zero-order valence-corrected chi connectivity index (χ0v) is 20.7. The molecule has 0 atom stereocenters. The minimum atomic E-state index is -0.391. The molecular weight excluding hydrogens is 402 g/mol. The van der Waals surface area contributed by atoms with Gasteiger partial charge in [-0.3, -0.25) is 0 Å². The molecule has 3 rings (SSSR count). The van der Waals surface area contributed by atoms with Crippen LogP contribution in [-0.2, 0) is 9.47 Å². The summed E-state index contributed by atoms with van der Waals surface area (Å²) >= 11 is 0.